The van der Waals surface area contributed by atoms with Gasteiger partial charge in [-0.05, 0) is 42.3 Å². The molecule has 1 aromatic heterocycles. The zero-order chi connectivity index (χ0) is 14.0. The number of ether oxygens (including phenoxy) is 1. The topological polar surface area (TPSA) is 57.9 Å². The van der Waals surface area contributed by atoms with Crippen LogP contribution in [0.1, 0.15) is 11.1 Å². The molecule has 0 fully saturated rings. The van der Waals surface area contributed by atoms with Crippen LogP contribution in [0.15, 0.2) is 48.8 Å². The summed E-state index contributed by atoms with van der Waals surface area (Å²) in [4.78, 5) is 4.09. The lowest BCUT2D eigenvalue weighted by atomic mass is 10.2. The number of hydrogen-bond acceptors (Lipinski definition) is 4. The summed E-state index contributed by atoms with van der Waals surface area (Å²) in [6.45, 7) is 1.76. The maximum absolute atomic E-state index is 8.49. The Kier molecular flexibility index (Phi) is 5.56. The van der Waals surface area contributed by atoms with Crippen LogP contribution < -0.4 is 10.1 Å². The van der Waals surface area contributed by atoms with Crippen molar-refractivity contribution in [1.82, 2.24) is 10.3 Å². The Balaban J connectivity index is 1.75. The summed E-state index contributed by atoms with van der Waals surface area (Å²) in [6, 6.07) is 13.8. The van der Waals surface area contributed by atoms with E-state index in [4.69, 9.17) is 10.00 Å². The van der Waals surface area contributed by atoms with Crippen LogP contribution in [0.25, 0.3) is 0 Å². The summed E-state index contributed by atoms with van der Waals surface area (Å²) in [7, 11) is 0. The van der Waals surface area contributed by atoms with Crippen LogP contribution in [0, 0.1) is 11.3 Å². The molecule has 4 heteroatoms. The van der Waals surface area contributed by atoms with Crippen LogP contribution in [0.5, 0.6) is 5.75 Å². The Morgan fingerprint density at radius 1 is 1.20 bits per heavy atom. The molecule has 1 aromatic carbocycles. The SMILES string of the molecule is N#CCOc1cccc(CNCCc2cccnc2)c1. The van der Waals surface area contributed by atoms with Crippen molar-refractivity contribution >= 4 is 0 Å². The van der Waals surface area contributed by atoms with Gasteiger partial charge in [-0.1, -0.05) is 18.2 Å². The monoisotopic (exact) mass is 267 g/mol. The van der Waals surface area contributed by atoms with Gasteiger partial charge in [0.2, 0.25) is 0 Å². The summed E-state index contributed by atoms with van der Waals surface area (Å²) in [5.41, 5.74) is 2.37. The molecule has 0 aliphatic rings. The molecule has 1 N–H and O–H groups in total. The van der Waals surface area contributed by atoms with Crippen LogP contribution in [0.2, 0.25) is 0 Å². The summed E-state index contributed by atoms with van der Waals surface area (Å²) in [5, 5.41) is 11.9. The average Bonchev–Trinajstić information content (AvgIpc) is 2.51. The zero-order valence-corrected chi connectivity index (χ0v) is 11.2. The number of hydrogen-bond donors (Lipinski definition) is 1. The van der Waals surface area contributed by atoms with E-state index < -0.39 is 0 Å². The van der Waals surface area contributed by atoms with Crippen LogP contribution >= 0.6 is 0 Å². The summed E-state index contributed by atoms with van der Waals surface area (Å²) in [6.07, 6.45) is 4.63. The summed E-state index contributed by atoms with van der Waals surface area (Å²) >= 11 is 0. The number of nitrogens with zero attached hydrogens (tertiary/aromatic N) is 2. The number of nitriles is 1. The van der Waals surface area contributed by atoms with E-state index in [0.29, 0.717) is 0 Å². The Bertz CT molecular complexity index is 563. The van der Waals surface area contributed by atoms with Gasteiger partial charge in [-0.15, -0.1) is 0 Å². The maximum atomic E-state index is 8.49. The minimum absolute atomic E-state index is 0.0812. The van der Waals surface area contributed by atoms with Crippen molar-refractivity contribution in [2.45, 2.75) is 13.0 Å². The van der Waals surface area contributed by atoms with Gasteiger partial charge in [-0.3, -0.25) is 4.98 Å². The highest BCUT2D eigenvalue weighted by Crippen LogP contribution is 2.12. The Morgan fingerprint density at radius 2 is 2.10 bits per heavy atom. The molecular formula is C16H17N3O. The number of aromatic nitrogens is 1. The van der Waals surface area contributed by atoms with Gasteiger partial charge in [0.15, 0.2) is 6.61 Å². The highest BCUT2D eigenvalue weighted by Gasteiger charge is 1.97. The number of nitrogens with one attached hydrogen (secondary N) is 1. The molecule has 0 unspecified atom stereocenters. The zero-order valence-electron chi connectivity index (χ0n) is 11.2. The van der Waals surface area contributed by atoms with Gasteiger partial charge in [-0.2, -0.15) is 5.26 Å². The van der Waals surface area contributed by atoms with E-state index >= 15 is 0 Å². The van der Waals surface area contributed by atoms with E-state index in [2.05, 4.69) is 16.4 Å². The smallest absolute Gasteiger partial charge is 0.174 e. The molecule has 2 rings (SSSR count). The number of pyridine rings is 1. The van der Waals surface area contributed by atoms with Crippen molar-refractivity contribution in [2.24, 2.45) is 0 Å². The Hall–Kier alpha value is -2.38. The summed E-state index contributed by atoms with van der Waals surface area (Å²) in [5.74, 6) is 0.734. The van der Waals surface area contributed by atoms with E-state index in [1.165, 1.54) is 5.56 Å². The van der Waals surface area contributed by atoms with Gasteiger partial charge in [-0.25, -0.2) is 0 Å². The average molecular weight is 267 g/mol. The molecule has 102 valence electrons. The van der Waals surface area contributed by atoms with Crippen LogP contribution in [-0.2, 0) is 13.0 Å². The molecule has 0 spiro atoms. The molecule has 20 heavy (non-hydrogen) atoms. The van der Waals surface area contributed by atoms with Gasteiger partial charge in [0.05, 0.1) is 0 Å². The highest BCUT2D eigenvalue weighted by atomic mass is 16.5. The van der Waals surface area contributed by atoms with E-state index in [9.17, 15) is 0 Å². The van der Waals surface area contributed by atoms with E-state index in [1.54, 1.807) is 6.20 Å². The first-order valence-electron chi connectivity index (χ1n) is 6.57. The molecule has 0 aliphatic carbocycles. The van der Waals surface area contributed by atoms with Gasteiger partial charge in [0.1, 0.15) is 11.8 Å². The minimum atomic E-state index is 0.0812. The van der Waals surface area contributed by atoms with Crippen molar-refractivity contribution < 1.29 is 4.74 Å². The predicted molar refractivity (Wildman–Crippen MR) is 77.2 cm³/mol. The third-order valence-electron chi connectivity index (χ3n) is 2.84. The van der Waals surface area contributed by atoms with Gasteiger partial charge in [0.25, 0.3) is 0 Å². The fourth-order valence-corrected chi connectivity index (χ4v) is 1.87. The van der Waals surface area contributed by atoms with E-state index in [0.717, 1.165) is 30.8 Å². The van der Waals surface area contributed by atoms with Crippen molar-refractivity contribution in [3.05, 3.63) is 59.9 Å². The third-order valence-corrected chi connectivity index (χ3v) is 2.84. The Labute approximate surface area is 119 Å². The van der Waals surface area contributed by atoms with E-state index in [1.807, 2.05) is 42.6 Å². The molecule has 4 nitrogen and oxygen atoms in total. The van der Waals surface area contributed by atoms with Crippen LogP contribution in [0.3, 0.4) is 0 Å². The predicted octanol–water partition coefficient (Wildman–Crippen LogP) is 2.32. The molecule has 0 bridgehead atoms. The molecule has 0 saturated heterocycles. The second kappa shape index (κ2) is 7.93. The first-order chi connectivity index (χ1) is 9.88. The van der Waals surface area contributed by atoms with Crippen LogP contribution in [-0.4, -0.2) is 18.1 Å². The fraction of sp³-hybridized carbons (Fsp3) is 0.250. The second-order valence-electron chi connectivity index (χ2n) is 4.38. The molecule has 0 atom stereocenters. The third kappa shape index (κ3) is 4.71. The molecule has 1 heterocycles. The highest BCUT2D eigenvalue weighted by molar-refractivity contribution is 5.28. The molecule has 0 aliphatic heterocycles. The van der Waals surface area contributed by atoms with Gasteiger partial charge < -0.3 is 10.1 Å². The van der Waals surface area contributed by atoms with Crippen molar-refractivity contribution in [2.75, 3.05) is 13.2 Å². The standard InChI is InChI=1S/C16H17N3O/c17-7-10-20-16-5-1-3-15(11-16)13-19-9-6-14-4-2-8-18-12-14/h1-5,8,11-12,19H,6,9-10,13H2. The largest absolute Gasteiger partial charge is 0.479 e. The lowest BCUT2D eigenvalue weighted by Gasteiger charge is -2.07. The van der Waals surface area contributed by atoms with Crippen molar-refractivity contribution in [3.8, 4) is 11.8 Å². The van der Waals surface area contributed by atoms with Gasteiger partial charge in [0, 0.05) is 18.9 Å². The molecule has 0 amide bonds. The first kappa shape index (κ1) is 14.0. The van der Waals surface area contributed by atoms with Crippen molar-refractivity contribution in [1.29, 1.82) is 5.26 Å². The molecule has 0 radical (unpaired) electrons. The second-order valence-corrected chi connectivity index (χ2v) is 4.38. The lowest BCUT2D eigenvalue weighted by Crippen LogP contribution is -2.16. The van der Waals surface area contributed by atoms with Crippen LogP contribution in [0.4, 0.5) is 0 Å². The quantitative estimate of drug-likeness (QED) is 0.782. The van der Waals surface area contributed by atoms with E-state index in [-0.39, 0.29) is 6.61 Å². The number of rotatable bonds is 7. The molecular weight excluding hydrogens is 250 g/mol. The normalized spacial score (nSPS) is 9.95. The lowest BCUT2D eigenvalue weighted by molar-refractivity contribution is 0.367. The molecule has 0 saturated carbocycles. The summed E-state index contributed by atoms with van der Waals surface area (Å²) < 4.78 is 5.27. The Morgan fingerprint density at radius 3 is 2.90 bits per heavy atom. The van der Waals surface area contributed by atoms with Gasteiger partial charge >= 0.3 is 0 Å². The molecule has 2 aromatic rings. The fourth-order valence-electron chi connectivity index (χ4n) is 1.87. The number of benzene rings is 1. The first-order valence-corrected chi connectivity index (χ1v) is 6.57. The van der Waals surface area contributed by atoms with Crippen molar-refractivity contribution in [3.63, 3.8) is 0 Å². The maximum Gasteiger partial charge on any atom is 0.174 e. The minimum Gasteiger partial charge on any atom is -0.479 e.